The minimum absolute atomic E-state index is 0.123. The van der Waals surface area contributed by atoms with Crippen LogP contribution in [0.15, 0.2) is 12.2 Å². The van der Waals surface area contributed by atoms with E-state index in [1.807, 2.05) is 0 Å². The van der Waals surface area contributed by atoms with E-state index >= 15 is 0 Å². The molecular weight excluding hydrogens is 228 g/mol. The van der Waals surface area contributed by atoms with E-state index in [0.29, 0.717) is 0 Å². The van der Waals surface area contributed by atoms with Gasteiger partial charge in [-0.3, -0.25) is 9.59 Å². The third-order valence-corrected chi connectivity index (χ3v) is 2.22. The van der Waals surface area contributed by atoms with E-state index in [0.717, 1.165) is 0 Å². The number of hydrogen-bond acceptors (Lipinski definition) is 4. The SMILES string of the molecule is C=C(C)C(=O)OC(C)(C)C(CC(=O)O)C(=O)O. The van der Waals surface area contributed by atoms with Crippen molar-refractivity contribution in [3.05, 3.63) is 12.2 Å². The maximum atomic E-state index is 11.3. The molecule has 0 saturated heterocycles. The van der Waals surface area contributed by atoms with Crippen molar-refractivity contribution in [3.8, 4) is 0 Å². The molecule has 0 radical (unpaired) electrons. The lowest BCUT2D eigenvalue weighted by atomic mass is 9.88. The Balaban J connectivity index is 4.95. The summed E-state index contributed by atoms with van der Waals surface area (Å²) in [5, 5.41) is 17.6. The molecule has 2 N–H and O–H groups in total. The molecule has 0 heterocycles. The average Bonchev–Trinajstić information content (AvgIpc) is 2.12. The number of esters is 1. The fourth-order valence-electron chi connectivity index (χ4n) is 1.20. The number of ether oxygens (including phenoxy) is 1. The monoisotopic (exact) mass is 244 g/mol. The zero-order valence-corrected chi connectivity index (χ0v) is 10.0. The molecule has 17 heavy (non-hydrogen) atoms. The Hall–Kier alpha value is -1.85. The van der Waals surface area contributed by atoms with E-state index in [4.69, 9.17) is 14.9 Å². The van der Waals surface area contributed by atoms with Gasteiger partial charge in [-0.1, -0.05) is 6.58 Å². The summed E-state index contributed by atoms with van der Waals surface area (Å²) in [6.07, 6.45) is -0.619. The van der Waals surface area contributed by atoms with Gasteiger partial charge in [0.15, 0.2) is 0 Å². The molecular formula is C11H16O6. The van der Waals surface area contributed by atoms with Gasteiger partial charge in [0.25, 0.3) is 0 Å². The van der Waals surface area contributed by atoms with Crippen LogP contribution in [0.25, 0.3) is 0 Å². The maximum Gasteiger partial charge on any atom is 0.333 e. The lowest BCUT2D eigenvalue weighted by Gasteiger charge is -2.30. The molecule has 0 rings (SSSR count). The molecule has 0 aromatic carbocycles. The van der Waals surface area contributed by atoms with Crippen LogP contribution in [0.4, 0.5) is 0 Å². The molecule has 0 saturated carbocycles. The van der Waals surface area contributed by atoms with Gasteiger partial charge in [0, 0.05) is 5.57 Å². The zero-order valence-electron chi connectivity index (χ0n) is 10.0. The van der Waals surface area contributed by atoms with E-state index in [2.05, 4.69) is 6.58 Å². The standard InChI is InChI=1S/C11H16O6/c1-6(2)10(16)17-11(3,4)7(9(14)15)5-8(12)13/h7H,1,5H2,2-4H3,(H,12,13)(H,14,15). The smallest absolute Gasteiger partial charge is 0.333 e. The molecule has 0 aromatic rings. The van der Waals surface area contributed by atoms with Crippen molar-refractivity contribution in [2.24, 2.45) is 5.92 Å². The molecule has 0 aliphatic heterocycles. The molecule has 0 spiro atoms. The number of carbonyl (C=O) groups excluding carboxylic acids is 1. The molecule has 6 heteroatoms. The lowest BCUT2D eigenvalue weighted by Crippen LogP contribution is -2.42. The van der Waals surface area contributed by atoms with Crippen LogP contribution in [0.2, 0.25) is 0 Å². The van der Waals surface area contributed by atoms with E-state index in [-0.39, 0.29) is 5.57 Å². The van der Waals surface area contributed by atoms with Crippen LogP contribution >= 0.6 is 0 Å². The maximum absolute atomic E-state index is 11.3. The third-order valence-electron chi connectivity index (χ3n) is 2.22. The molecule has 1 unspecified atom stereocenters. The highest BCUT2D eigenvalue weighted by atomic mass is 16.6. The van der Waals surface area contributed by atoms with Gasteiger partial charge in [-0.05, 0) is 20.8 Å². The number of carboxylic acid groups (broad SMARTS) is 2. The summed E-state index contributed by atoms with van der Waals surface area (Å²) in [7, 11) is 0. The van der Waals surface area contributed by atoms with Crippen LogP contribution in [0.1, 0.15) is 27.2 Å². The normalized spacial score (nSPS) is 12.6. The minimum Gasteiger partial charge on any atom is -0.481 e. The average molecular weight is 244 g/mol. The summed E-state index contributed by atoms with van der Waals surface area (Å²) in [6.45, 7) is 7.50. The van der Waals surface area contributed by atoms with Gasteiger partial charge in [-0.15, -0.1) is 0 Å². The summed E-state index contributed by atoms with van der Waals surface area (Å²) in [5.41, 5.74) is -1.29. The van der Waals surface area contributed by atoms with Crippen molar-refractivity contribution in [1.29, 1.82) is 0 Å². The summed E-state index contributed by atoms with van der Waals surface area (Å²) < 4.78 is 4.94. The Morgan fingerprint density at radius 2 is 1.76 bits per heavy atom. The molecule has 0 aliphatic carbocycles. The second-order valence-electron chi connectivity index (χ2n) is 4.26. The topological polar surface area (TPSA) is 101 Å². The van der Waals surface area contributed by atoms with Crippen LogP contribution in [0.3, 0.4) is 0 Å². The first kappa shape index (κ1) is 15.2. The van der Waals surface area contributed by atoms with Crippen LogP contribution in [-0.2, 0) is 19.1 Å². The Labute approximate surface area is 98.9 Å². The predicted octanol–water partition coefficient (Wildman–Crippen LogP) is 1.06. The fraction of sp³-hybridized carbons (Fsp3) is 0.545. The van der Waals surface area contributed by atoms with Crippen LogP contribution in [-0.4, -0.2) is 33.7 Å². The molecule has 0 amide bonds. The van der Waals surface area contributed by atoms with E-state index in [9.17, 15) is 14.4 Å². The number of carboxylic acids is 2. The number of aliphatic carboxylic acids is 2. The highest BCUT2D eigenvalue weighted by molar-refractivity contribution is 5.88. The van der Waals surface area contributed by atoms with Crippen molar-refractivity contribution in [2.75, 3.05) is 0 Å². The first-order chi connectivity index (χ1) is 7.58. The number of carbonyl (C=O) groups is 3. The van der Waals surface area contributed by atoms with Crippen LogP contribution in [0, 0.1) is 5.92 Å². The Morgan fingerprint density at radius 1 is 1.29 bits per heavy atom. The van der Waals surface area contributed by atoms with Gasteiger partial charge in [-0.25, -0.2) is 4.79 Å². The predicted molar refractivity (Wildman–Crippen MR) is 58.4 cm³/mol. The van der Waals surface area contributed by atoms with Crippen molar-refractivity contribution in [1.82, 2.24) is 0 Å². The fourth-order valence-corrected chi connectivity index (χ4v) is 1.20. The van der Waals surface area contributed by atoms with Gasteiger partial charge in [-0.2, -0.15) is 0 Å². The van der Waals surface area contributed by atoms with Crippen molar-refractivity contribution in [3.63, 3.8) is 0 Å². The zero-order chi connectivity index (χ0) is 13.8. The van der Waals surface area contributed by atoms with Crippen LogP contribution in [0.5, 0.6) is 0 Å². The molecule has 0 aliphatic rings. The van der Waals surface area contributed by atoms with Crippen molar-refractivity contribution >= 4 is 17.9 Å². The summed E-state index contributed by atoms with van der Waals surface area (Å²) in [4.78, 5) is 32.8. The summed E-state index contributed by atoms with van der Waals surface area (Å²) in [6, 6.07) is 0. The minimum atomic E-state index is -1.42. The van der Waals surface area contributed by atoms with E-state index in [1.165, 1.54) is 20.8 Å². The van der Waals surface area contributed by atoms with Gasteiger partial charge in [0.1, 0.15) is 11.5 Å². The number of rotatable bonds is 6. The van der Waals surface area contributed by atoms with Crippen molar-refractivity contribution in [2.45, 2.75) is 32.8 Å². The van der Waals surface area contributed by atoms with E-state index < -0.39 is 35.8 Å². The molecule has 96 valence electrons. The quantitative estimate of drug-likeness (QED) is 0.535. The van der Waals surface area contributed by atoms with Gasteiger partial charge < -0.3 is 14.9 Å². The Morgan fingerprint density at radius 3 is 2.06 bits per heavy atom. The molecule has 6 nitrogen and oxygen atoms in total. The molecule has 0 fully saturated rings. The second-order valence-corrected chi connectivity index (χ2v) is 4.26. The van der Waals surface area contributed by atoms with Gasteiger partial charge in [0.2, 0.25) is 0 Å². The summed E-state index contributed by atoms with van der Waals surface area (Å²) in [5.74, 6) is -4.65. The highest BCUT2D eigenvalue weighted by Gasteiger charge is 2.40. The first-order valence-corrected chi connectivity index (χ1v) is 4.91. The molecule has 0 aromatic heterocycles. The third kappa shape index (κ3) is 4.67. The molecule has 0 bridgehead atoms. The largest absolute Gasteiger partial charge is 0.481 e. The second kappa shape index (κ2) is 5.47. The van der Waals surface area contributed by atoms with Crippen molar-refractivity contribution < 1.29 is 29.3 Å². The Kier molecular flexibility index (Phi) is 4.87. The lowest BCUT2D eigenvalue weighted by molar-refractivity contribution is -0.169. The van der Waals surface area contributed by atoms with E-state index in [1.54, 1.807) is 0 Å². The Bertz CT molecular complexity index is 355. The van der Waals surface area contributed by atoms with Gasteiger partial charge >= 0.3 is 17.9 Å². The van der Waals surface area contributed by atoms with Crippen LogP contribution < -0.4 is 0 Å². The summed E-state index contributed by atoms with van der Waals surface area (Å²) >= 11 is 0. The first-order valence-electron chi connectivity index (χ1n) is 4.91. The number of hydrogen-bond donors (Lipinski definition) is 2. The van der Waals surface area contributed by atoms with Gasteiger partial charge in [0.05, 0.1) is 6.42 Å². The highest BCUT2D eigenvalue weighted by Crippen LogP contribution is 2.26. The molecule has 1 atom stereocenters.